The summed E-state index contributed by atoms with van der Waals surface area (Å²) in [5.41, 5.74) is 6.50. The molecule has 0 aromatic carbocycles. The molecule has 4 heterocycles. The zero-order valence-electron chi connectivity index (χ0n) is 15.4. The van der Waals surface area contributed by atoms with Crippen molar-refractivity contribution in [2.75, 3.05) is 36.9 Å². The first-order chi connectivity index (χ1) is 13.6. The van der Waals surface area contributed by atoms with Crippen molar-refractivity contribution in [1.29, 1.82) is 0 Å². The Kier molecular flexibility index (Phi) is 5.43. The zero-order chi connectivity index (χ0) is 19.5. The Bertz CT molecular complexity index is 883. The minimum absolute atomic E-state index is 0.0386. The number of rotatable bonds is 4. The molecule has 0 unspecified atom stereocenters. The van der Waals surface area contributed by atoms with Gasteiger partial charge in [0.15, 0.2) is 11.6 Å². The summed E-state index contributed by atoms with van der Waals surface area (Å²) in [4.78, 5) is 19.7. The van der Waals surface area contributed by atoms with Crippen molar-refractivity contribution in [2.45, 2.75) is 32.1 Å². The van der Waals surface area contributed by atoms with E-state index in [9.17, 15) is 8.78 Å². The van der Waals surface area contributed by atoms with Gasteiger partial charge in [0.2, 0.25) is 5.95 Å². The highest BCUT2D eigenvalue weighted by atomic mass is 19.3. The lowest BCUT2D eigenvalue weighted by molar-refractivity contribution is 0.152. The lowest BCUT2D eigenvalue weighted by Gasteiger charge is -2.27. The van der Waals surface area contributed by atoms with E-state index >= 15 is 0 Å². The number of hydrogen-bond acceptors (Lipinski definition) is 7. The summed E-state index contributed by atoms with van der Waals surface area (Å²) in [5.74, 6) is 1.26. The van der Waals surface area contributed by atoms with E-state index in [4.69, 9.17) is 10.5 Å². The van der Waals surface area contributed by atoms with Gasteiger partial charge in [0.1, 0.15) is 5.82 Å². The predicted molar refractivity (Wildman–Crippen MR) is 102 cm³/mol. The molecule has 0 radical (unpaired) electrons. The summed E-state index contributed by atoms with van der Waals surface area (Å²) < 4.78 is 32.6. The Hall–Kier alpha value is -2.68. The SMILES string of the molecule is Nc1cc(C(F)F)c(-c2nc(C3=CCOCC3)nc(N3CCCCC3)n2)cn1. The first-order valence-corrected chi connectivity index (χ1v) is 9.44. The summed E-state index contributed by atoms with van der Waals surface area (Å²) in [5, 5.41) is 0. The van der Waals surface area contributed by atoms with Crippen molar-refractivity contribution in [3.05, 3.63) is 29.7 Å². The maximum absolute atomic E-state index is 13.6. The van der Waals surface area contributed by atoms with Gasteiger partial charge in [-0.2, -0.15) is 9.97 Å². The second-order valence-electron chi connectivity index (χ2n) is 6.88. The molecule has 2 aliphatic rings. The number of nitrogens with two attached hydrogens (primary N) is 1. The molecule has 2 N–H and O–H groups in total. The number of anilines is 2. The van der Waals surface area contributed by atoms with Crippen molar-refractivity contribution < 1.29 is 13.5 Å². The summed E-state index contributed by atoms with van der Waals surface area (Å²) >= 11 is 0. The number of pyridine rings is 1. The highest BCUT2D eigenvalue weighted by Gasteiger charge is 2.23. The molecule has 2 aromatic heterocycles. The van der Waals surface area contributed by atoms with Crippen LogP contribution < -0.4 is 10.6 Å². The van der Waals surface area contributed by atoms with Crippen molar-refractivity contribution in [3.63, 3.8) is 0 Å². The number of hydrogen-bond donors (Lipinski definition) is 1. The molecule has 7 nitrogen and oxygen atoms in total. The maximum Gasteiger partial charge on any atom is 0.264 e. The number of halogens is 2. The average Bonchev–Trinajstić information content (AvgIpc) is 2.74. The van der Waals surface area contributed by atoms with Crippen LogP contribution in [0.25, 0.3) is 17.0 Å². The standard InChI is InChI=1S/C19H22F2N6O/c20-16(21)13-10-15(22)23-11-14(13)18-24-17(12-4-8-28-9-5-12)25-19(26-18)27-6-2-1-3-7-27/h4,10-11,16H,1-3,5-9H2,(H2,22,23). The minimum Gasteiger partial charge on any atom is -0.384 e. The molecule has 2 aliphatic heterocycles. The summed E-state index contributed by atoms with van der Waals surface area (Å²) in [7, 11) is 0. The molecule has 1 fully saturated rings. The molecule has 28 heavy (non-hydrogen) atoms. The van der Waals surface area contributed by atoms with E-state index in [1.165, 1.54) is 18.7 Å². The molecule has 9 heteroatoms. The smallest absolute Gasteiger partial charge is 0.264 e. The van der Waals surface area contributed by atoms with Crippen LogP contribution in [0, 0.1) is 0 Å². The van der Waals surface area contributed by atoms with E-state index in [1.807, 2.05) is 6.08 Å². The van der Waals surface area contributed by atoms with Crippen LogP contribution in [-0.4, -0.2) is 46.2 Å². The van der Waals surface area contributed by atoms with Crippen molar-refractivity contribution in [3.8, 4) is 11.4 Å². The van der Waals surface area contributed by atoms with Gasteiger partial charge in [-0.25, -0.2) is 18.7 Å². The van der Waals surface area contributed by atoms with Crippen LogP contribution in [-0.2, 0) is 4.74 Å². The van der Waals surface area contributed by atoms with Gasteiger partial charge in [-0.3, -0.25) is 0 Å². The molecule has 0 amide bonds. The monoisotopic (exact) mass is 388 g/mol. The van der Waals surface area contributed by atoms with E-state index < -0.39 is 6.43 Å². The van der Waals surface area contributed by atoms with Gasteiger partial charge in [0.05, 0.1) is 13.2 Å². The molecule has 1 saturated heterocycles. The van der Waals surface area contributed by atoms with Crippen molar-refractivity contribution >= 4 is 17.3 Å². The third-order valence-corrected chi connectivity index (χ3v) is 4.95. The van der Waals surface area contributed by atoms with Crippen molar-refractivity contribution in [1.82, 2.24) is 19.9 Å². The molecular weight excluding hydrogens is 366 g/mol. The van der Waals surface area contributed by atoms with Gasteiger partial charge < -0.3 is 15.4 Å². The molecule has 4 rings (SSSR count). The van der Waals surface area contributed by atoms with Crippen LogP contribution in [0.15, 0.2) is 18.3 Å². The minimum atomic E-state index is -2.71. The van der Waals surface area contributed by atoms with Gasteiger partial charge in [-0.1, -0.05) is 6.08 Å². The highest BCUT2D eigenvalue weighted by Crippen LogP contribution is 2.32. The van der Waals surface area contributed by atoms with Gasteiger partial charge in [0, 0.05) is 30.4 Å². The van der Waals surface area contributed by atoms with Crippen LogP contribution in [0.4, 0.5) is 20.5 Å². The number of aromatic nitrogens is 4. The van der Waals surface area contributed by atoms with Crippen LogP contribution >= 0.6 is 0 Å². The van der Waals surface area contributed by atoms with Crippen LogP contribution in [0.1, 0.15) is 43.5 Å². The lowest BCUT2D eigenvalue weighted by Crippen LogP contribution is -2.31. The largest absolute Gasteiger partial charge is 0.384 e. The predicted octanol–water partition coefficient (Wildman–Crippen LogP) is 3.25. The summed E-state index contributed by atoms with van der Waals surface area (Å²) in [6.07, 6.45) is 4.48. The molecule has 148 valence electrons. The highest BCUT2D eigenvalue weighted by molar-refractivity contribution is 5.67. The Morgan fingerprint density at radius 3 is 2.57 bits per heavy atom. The quantitative estimate of drug-likeness (QED) is 0.860. The first kappa shape index (κ1) is 18.7. The normalized spacial score (nSPS) is 17.7. The van der Waals surface area contributed by atoms with Gasteiger partial charge in [0.25, 0.3) is 6.43 Å². The van der Waals surface area contributed by atoms with E-state index in [-0.39, 0.29) is 22.8 Å². The van der Waals surface area contributed by atoms with Crippen LogP contribution in [0.3, 0.4) is 0 Å². The molecule has 0 bridgehead atoms. The average molecular weight is 388 g/mol. The Balaban J connectivity index is 1.83. The molecule has 0 atom stereocenters. The fourth-order valence-electron chi connectivity index (χ4n) is 3.45. The number of nitrogen functional groups attached to an aromatic ring is 1. The van der Waals surface area contributed by atoms with Gasteiger partial charge in [-0.05, 0) is 37.3 Å². The second kappa shape index (κ2) is 8.14. The van der Waals surface area contributed by atoms with E-state index in [0.29, 0.717) is 31.4 Å². The Morgan fingerprint density at radius 1 is 1.07 bits per heavy atom. The van der Waals surface area contributed by atoms with E-state index in [2.05, 4.69) is 24.8 Å². The second-order valence-corrected chi connectivity index (χ2v) is 6.88. The van der Waals surface area contributed by atoms with E-state index in [1.54, 1.807) is 0 Å². The molecule has 0 saturated carbocycles. The number of nitrogens with zero attached hydrogens (tertiary/aromatic N) is 5. The molecule has 0 aliphatic carbocycles. The molecular formula is C19H22F2N6O. The van der Waals surface area contributed by atoms with Crippen molar-refractivity contribution in [2.24, 2.45) is 0 Å². The maximum atomic E-state index is 13.6. The number of alkyl halides is 2. The molecule has 0 spiro atoms. The third kappa shape index (κ3) is 3.94. The lowest BCUT2D eigenvalue weighted by atomic mass is 10.1. The first-order valence-electron chi connectivity index (χ1n) is 9.44. The summed E-state index contributed by atoms with van der Waals surface area (Å²) in [6, 6.07) is 1.18. The number of ether oxygens (including phenoxy) is 1. The Morgan fingerprint density at radius 2 is 1.86 bits per heavy atom. The fourth-order valence-corrected chi connectivity index (χ4v) is 3.45. The van der Waals surface area contributed by atoms with Gasteiger partial charge in [-0.15, -0.1) is 0 Å². The van der Waals surface area contributed by atoms with E-state index in [0.717, 1.165) is 31.5 Å². The number of piperidine rings is 1. The van der Waals surface area contributed by atoms with Crippen LogP contribution in [0.5, 0.6) is 0 Å². The van der Waals surface area contributed by atoms with Crippen LogP contribution in [0.2, 0.25) is 0 Å². The Labute approximate surface area is 161 Å². The van der Waals surface area contributed by atoms with Gasteiger partial charge >= 0.3 is 0 Å². The molecule has 2 aromatic rings. The summed E-state index contributed by atoms with van der Waals surface area (Å²) in [6.45, 7) is 2.75. The fraction of sp³-hybridized carbons (Fsp3) is 0.474. The topological polar surface area (TPSA) is 90.0 Å². The third-order valence-electron chi connectivity index (χ3n) is 4.95. The zero-order valence-corrected chi connectivity index (χ0v) is 15.4.